The van der Waals surface area contributed by atoms with E-state index in [9.17, 15) is 14.3 Å². The molecule has 0 aromatic heterocycles. The van der Waals surface area contributed by atoms with Gasteiger partial charge in [0.05, 0.1) is 6.61 Å². The molecule has 3 atom stereocenters. The Morgan fingerprint density at radius 1 is 1.15 bits per heavy atom. The van der Waals surface area contributed by atoms with E-state index in [2.05, 4.69) is 14.8 Å². The molecule has 0 aromatic carbocycles. The Bertz CT molecular complexity index is 534. The summed E-state index contributed by atoms with van der Waals surface area (Å²) in [7, 11) is 0. The fourth-order valence-corrected chi connectivity index (χ4v) is 4.95. The van der Waals surface area contributed by atoms with Crippen molar-refractivity contribution < 1.29 is 14.3 Å². The van der Waals surface area contributed by atoms with Crippen LogP contribution in [0.4, 0.5) is 9.18 Å². The lowest BCUT2D eigenvalue weighted by Gasteiger charge is -2.41. The first-order valence-electron chi connectivity index (χ1n) is 10.3. The number of carbonyl (C=O) groups excluding carboxylic acids is 1. The molecule has 3 N–H and O–H groups in total. The van der Waals surface area contributed by atoms with Gasteiger partial charge in [-0.1, -0.05) is 0 Å². The van der Waals surface area contributed by atoms with Crippen molar-refractivity contribution in [3.8, 4) is 0 Å². The number of urea groups is 1. The lowest BCUT2D eigenvalue weighted by atomic mass is 9.98. The van der Waals surface area contributed by atoms with Gasteiger partial charge in [0.1, 0.15) is 12.0 Å². The molecule has 3 saturated heterocycles. The summed E-state index contributed by atoms with van der Waals surface area (Å²) in [5, 5.41) is 9.53. The van der Waals surface area contributed by atoms with Crippen LogP contribution in [0.5, 0.6) is 0 Å². The maximum absolute atomic E-state index is 13.7. The van der Waals surface area contributed by atoms with Crippen LogP contribution in [0.2, 0.25) is 0 Å². The molecule has 0 aliphatic carbocycles. The molecule has 3 rings (SSSR count). The van der Waals surface area contributed by atoms with Crippen LogP contribution in [0.1, 0.15) is 45.4 Å². The Hall–Kier alpha value is -1.25. The van der Waals surface area contributed by atoms with Crippen molar-refractivity contribution in [2.24, 2.45) is 10.7 Å². The van der Waals surface area contributed by atoms with Gasteiger partial charge in [-0.2, -0.15) is 4.99 Å². The first kappa shape index (κ1) is 20.5. The molecular formula is C19H34FN5O2. The second kappa shape index (κ2) is 9.30. The van der Waals surface area contributed by atoms with Gasteiger partial charge in [-0.15, -0.1) is 0 Å². The molecule has 2 amide bonds. The van der Waals surface area contributed by atoms with Gasteiger partial charge >= 0.3 is 6.03 Å². The number of aliphatic hydroxyl groups excluding tert-OH is 1. The molecule has 3 fully saturated rings. The van der Waals surface area contributed by atoms with E-state index >= 15 is 0 Å². The predicted octanol–water partition coefficient (Wildman–Crippen LogP) is 1.21. The molecule has 0 radical (unpaired) electrons. The van der Waals surface area contributed by atoms with E-state index in [0.717, 1.165) is 58.3 Å². The molecule has 0 spiro atoms. The van der Waals surface area contributed by atoms with Crippen LogP contribution in [0, 0.1) is 0 Å². The molecule has 0 saturated carbocycles. The zero-order valence-electron chi connectivity index (χ0n) is 16.4. The summed E-state index contributed by atoms with van der Waals surface area (Å²) >= 11 is 0. The fraction of sp³-hybridized carbons (Fsp3) is 0.895. The highest BCUT2D eigenvalue weighted by Crippen LogP contribution is 2.29. The van der Waals surface area contributed by atoms with E-state index in [0.29, 0.717) is 30.9 Å². The van der Waals surface area contributed by atoms with Crippen LogP contribution in [0.25, 0.3) is 0 Å². The number of aliphatic hydroxyl groups is 1. The van der Waals surface area contributed by atoms with Gasteiger partial charge in [-0.3, -0.25) is 4.90 Å². The highest BCUT2D eigenvalue weighted by molar-refractivity contribution is 5.91. The molecular weight excluding hydrogens is 349 g/mol. The van der Waals surface area contributed by atoms with Crippen LogP contribution >= 0.6 is 0 Å². The summed E-state index contributed by atoms with van der Waals surface area (Å²) in [5.41, 5.74) is 5.53. The third-order valence-electron chi connectivity index (χ3n) is 6.34. The maximum Gasteiger partial charge on any atom is 0.345 e. The van der Waals surface area contributed by atoms with Crippen molar-refractivity contribution in [1.29, 1.82) is 0 Å². The number of hydrogen-bond acceptors (Lipinski definition) is 4. The molecule has 0 aromatic rings. The normalized spacial score (nSPS) is 32.6. The van der Waals surface area contributed by atoms with E-state index in [1.165, 1.54) is 0 Å². The Labute approximate surface area is 161 Å². The zero-order chi connectivity index (χ0) is 19.4. The molecule has 8 heteroatoms. The van der Waals surface area contributed by atoms with Gasteiger partial charge < -0.3 is 20.6 Å². The number of likely N-dealkylation sites (tertiary alicyclic amines) is 3. The number of hydrogen-bond donors (Lipinski definition) is 2. The Morgan fingerprint density at radius 3 is 2.52 bits per heavy atom. The van der Waals surface area contributed by atoms with Gasteiger partial charge in [-0.05, 0) is 58.5 Å². The van der Waals surface area contributed by atoms with Crippen molar-refractivity contribution in [3.05, 3.63) is 0 Å². The second-order valence-corrected chi connectivity index (χ2v) is 8.24. The van der Waals surface area contributed by atoms with Crippen molar-refractivity contribution in [2.45, 2.75) is 69.7 Å². The van der Waals surface area contributed by atoms with Crippen LogP contribution < -0.4 is 5.73 Å². The van der Waals surface area contributed by atoms with Gasteiger partial charge in [0.2, 0.25) is 0 Å². The summed E-state index contributed by atoms with van der Waals surface area (Å²) < 4.78 is 13.7. The summed E-state index contributed by atoms with van der Waals surface area (Å²) in [4.78, 5) is 22.5. The van der Waals surface area contributed by atoms with Crippen molar-refractivity contribution in [3.63, 3.8) is 0 Å². The minimum atomic E-state index is -0.801. The number of alkyl halides is 1. The molecule has 154 valence electrons. The van der Waals surface area contributed by atoms with Gasteiger partial charge in [-0.25, -0.2) is 9.18 Å². The van der Waals surface area contributed by atoms with E-state index in [1.54, 1.807) is 11.8 Å². The van der Waals surface area contributed by atoms with E-state index in [-0.39, 0.29) is 18.7 Å². The lowest BCUT2D eigenvalue weighted by Crippen LogP contribution is -2.50. The lowest BCUT2D eigenvalue weighted by molar-refractivity contribution is 0.0541. The zero-order valence-corrected chi connectivity index (χ0v) is 16.4. The van der Waals surface area contributed by atoms with Gasteiger partial charge in [0.15, 0.2) is 0 Å². The van der Waals surface area contributed by atoms with Gasteiger partial charge in [0.25, 0.3) is 0 Å². The number of amidine groups is 1. The smallest absolute Gasteiger partial charge is 0.345 e. The first-order chi connectivity index (χ1) is 13.0. The fourth-order valence-electron chi connectivity index (χ4n) is 4.95. The Kier molecular flexibility index (Phi) is 7.05. The third kappa shape index (κ3) is 5.18. The summed E-state index contributed by atoms with van der Waals surface area (Å²) in [5.74, 6) is 0.307. The number of carbonyl (C=O) groups is 1. The maximum atomic E-state index is 13.7. The first-order valence-corrected chi connectivity index (χ1v) is 10.3. The van der Waals surface area contributed by atoms with E-state index in [1.807, 2.05) is 0 Å². The largest absolute Gasteiger partial charge is 0.395 e. The number of nitrogens with zero attached hydrogens (tertiary/aromatic N) is 4. The topological polar surface area (TPSA) is 85.4 Å². The molecule has 3 heterocycles. The van der Waals surface area contributed by atoms with Crippen molar-refractivity contribution in [2.75, 3.05) is 39.3 Å². The minimum absolute atomic E-state index is 0.0134. The second-order valence-electron chi connectivity index (χ2n) is 8.24. The molecule has 7 nitrogen and oxygen atoms in total. The SMILES string of the molecule is C/C(N)=N/C(=O)N1CCCC(N2CCC(N3CC(F)CC3CO)CC2)CC1. The van der Waals surface area contributed by atoms with Crippen LogP contribution in [-0.4, -0.2) is 95.3 Å². The quantitative estimate of drug-likeness (QED) is 0.565. The number of nitrogens with two attached hydrogens (primary N) is 1. The number of halogens is 1. The molecule has 0 bridgehead atoms. The minimum Gasteiger partial charge on any atom is -0.395 e. The third-order valence-corrected chi connectivity index (χ3v) is 6.34. The van der Waals surface area contributed by atoms with Crippen molar-refractivity contribution >= 4 is 11.9 Å². The summed E-state index contributed by atoms with van der Waals surface area (Å²) in [6, 6.07) is 0.637. The Morgan fingerprint density at radius 2 is 1.85 bits per heavy atom. The monoisotopic (exact) mass is 383 g/mol. The Balaban J connectivity index is 1.48. The number of rotatable bonds is 3. The van der Waals surface area contributed by atoms with Gasteiger partial charge in [0, 0.05) is 37.8 Å². The van der Waals surface area contributed by atoms with E-state index in [4.69, 9.17) is 5.73 Å². The predicted molar refractivity (Wildman–Crippen MR) is 104 cm³/mol. The average Bonchev–Trinajstić information content (AvgIpc) is 2.86. The number of piperidine rings is 1. The highest BCUT2D eigenvalue weighted by atomic mass is 19.1. The molecule has 3 aliphatic heterocycles. The molecule has 3 aliphatic rings. The summed E-state index contributed by atoms with van der Waals surface area (Å²) in [6.07, 6.45) is 4.76. The van der Waals surface area contributed by atoms with Crippen molar-refractivity contribution in [1.82, 2.24) is 14.7 Å². The molecule has 27 heavy (non-hydrogen) atoms. The number of amides is 2. The molecule has 3 unspecified atom stereocenters. The van der Waals surface area contributed by atoms with E-state index < -0.39 is 6.17 Å². The standard InChI is InChI=1S/C19H34FN5O2/c1-14(21)22-19(27)24-7-2-3-16(4-10-24)23-8-5-17(6-9-23)25-12-15(20)11-18(25)13-26/h15-18,26H,2-13H2,1H3,(H2,21,22,27). The highest BCUT2D eigenvalue weighted by Gasteiger charge is 2.38. The van der Waals surface area contributed by atoms with Crippen LogP contribution in [0.15, 0.2) is 4.99 Å². The van der Waals surface area contributed by atoms with Crippen LogP contribution in [-0.2, 0) is 0 Å². The van der Waals surface area contributed by atoms with Crippen LogP contribution in [0.3, 0.4) is 0 Å². The average molecular weight is 384 g/mol. The summed E-state index contributed by atoms with van der Waals surface area (Å²) in [6.45, 7) is 5.64. The number of aliphatic imine (C=N–C) groups is 1.